The van der Waals surface area contributed by atoms with E-state index in [-0.39, 0.29) is 0 Å². The fraction of sp³-hybridized carbons (Fsp3) is 0.722. The third-order valence-electron chi connectivity index (χ3n) is 4.61. The molecule has 0 saturated heterocycles. The molecule has 0 aromatic carbocycles. The maximum atomic E-state index is 6.23. The topological polar surface area (TPSA) is 34.1 Å². The van der Waals surface area contributed by atoms with Gasteiger partial charge in [-0.05, 0) is 42.7 Å². The molecule has 1 heterocycles. The summed E-state index contributed by atoms with van der Waals surface area (Å²) in [5.74, 6) is 2.87. The van der Waals surface area contributed by atoms with Crippen molar-refractivity contribution in [2.24, 2.45) is 17.8 Å². The second-order valence-electron chi connectivity index (χ2n) is 6.77. The van der Waals surface area contributed by atoms with Crippen molar-refractivity contribution in [1.29, 1.82) is 0 Å². The van der Waals surface area contributed by atoms with Crippen molar-refractivity contribution < 1.29 is 4.74 Å². The third kappa shape index (κ3) is 4.70. The molecule has 118 valence electrons. The van der Waals surface area contributed by atoms with Crippen molar-refractivity contribution in [3.8, 4) is 5.88 Å². The molecule has 0 amide bonds. The number of hydrogen-bond acceptors (Lipinski definition) is 3. The first-order valence-corrected chi connectivity index (χ1v) is 8.42. The minimum atomic E-state index is 0.320. The molecule has 1 fully saturated rings. The highest BCUT2D eigenvalue weighted by molar-refractivity contribution is 5.18. The lowest BCUT2D eigenvalue weighted by Crippen LogP contribution is -2.36. The maximum Gasteiger partial charge on any atom is 0.213 e. The molecule has 3 unspecified atom stereocenters. The number of nitrogens with one attached hydrogen (secondary N) is 1. The minimum absolute atomic E-state index is 0.320. The Hall–Kier alpha value is -1.09. The van der Waals surface area contributed by atoms with Crippen LogP contribution in [0.25, 0.3) is 0 Å². The summed E-state index contributed by atoms with van der Waals surface area (Å²) in [6, 6.07) is 4.13. The second-order valence-corrected chi connectivity index (χ2v) is 6.77. The van der Waals surface area contributed by atoms with Crippen LogP contribution in [0.2, 0.25) is 0 Å². The van der Waals surface area contributed by atoms with Gasteiger partial charge in [-0.1, -0.05) is 40.2 Å². The SMILES string of the molecule is CCNCc1ccc(OC2CC(C)CCC2C(C)C)nc1. The van der Waals surface area contributed by atoms with Crippen molar-refractivity contribution in [1.82, 2.24) is 10.3 Å². The highest BCUT2D eigenvalue weighted by Crippen LogP contribution is 2.35. The summed E-state index contributed by atoms with van der Waals surface area (Å²) in [5.41, 5.74) is 1.21. The normalized spacial score (nSPS) is 26.0. The third-order valence-corrected chi connectivity index (χ3v) is 4.61. The van der Waals surface area contributed by atoms with Gasteiger partial charge in [-0.2, -0.15) is 0 Å². The lowest BCUT2D eigenvalue weighted by molar-refractivity contribution is 0.0426. The van der Waals surface area contributed by atoms with Crippen molar-refractivity contribution in [2.45, 2.75) is 59.6 Å². The van der Waals surface area contributed by atoms with Gasteiger partial charge >= 0.3 is 0 Å². The van der Waals surface area contributed by atoms with Gasteiger partial charge in [0, 0.05) is 18.8 Å². The predicted molar refractivity (Wildman–Crippen MR) is 87.4 cm³/mol. The molecule has 0 bridgehead atoms. The summed E-state index contributed by atoms with van der Waals surface area (Å²) in [7, 11) is 0. The second kappa shape index (κ2) is 7.79. The van der Waals surface area contributed by atoms with Crippen molar-refractivity contribution >= 4 is 0 Å². The smallest absolute Gasteiger partial charge is 0.213 e. The van der Waals surface area contributed by atoms with Crippen LogP contribution in [0.1, 0.15) is 52.5 Å². The van der Waals surface area contributed by atoms with E-state index in [1.807, 2.05) is 12.3 Å². The molecule has 2 rings (SSSR count). The molecule has 1 aliphatic carbocycles. The van der Waals surface area contributed by atoms with Crippen LogP contribution in [0.4, 0.5) is 0 Å². The highest BCUT2D eigenvalue weighted by atomic mass is 16.5. The van der Waals surface area contributed by atoms with E-state index in [0.29, 0.717) is 17.9 Å². The quantitative estimate of drug-likeness (QED) is 0.859. The molecule has 1 aliphatic rings. The van der Waals surface area contributed by atoms with Crippen molar-refractivity contribution in [3.63, 3.8) is 0 Å². The summed E-state index contributed by atoms with van der Waals surface area (Å²) < 4.78 is 6.23. The van der Waals surface area contributed by atoms with E-state index in [2.05, 4.69) is 44.1 Å². The van der Waals surface area contributed by atoms with E-state index in [1.54, 1.807) is 0 Å². The van der Waals surface area contributed by atoms with Gasteiger partial charge < -0.3 is 10.1 Å². The van der Waals surface area contributed by atoms with Gasteiger partial charge in [0.2, 0.25) is 5.88 Å². The molecule has 1 aromatic rings. The molecule has 1 saturated carbocycles. The number of hydrogen-bond donors (Lipinski definition) is 1. The Balaban J connectivity index is 1.98. The summed E-state index contributed by atoms with van der Waals surface area (Å²) >= 11 is 0. The molecule has 3 heteroatoms. The summed E-state index contributed by atoms with van der Waals surface area (Å²) in [5, 5.41) is 3.31. The monoisotopic (exact) mass is 290 g/mol. The largest absolute Gasteiger partial charge is 0.474 e. The number of pyridine rings is 1. The Morgan fingerprint density at radius 1 is 1.33 bits per heavy atom. The molecule has 3 atom stereocenters. The lowest BCUT2D eigenvalue weighted by Gasteiger charge is -2.37. The van der Waals surface area contributed by atoms with E-state index in [4.69, 9.17) is 4.74 Å². The molecule has 1 aromatic heterocycles. The van der Waals surface area contributed by atoms with Gasteiger partial charge in [0.05, 0.1) is 0 Å². The molecule has 1 N–H and O–H groups in total. The van der Waals surface area contributed by atoms with Gasteiger partial charge in [0.1, 0.15) is 6.10 Å². The van der Waals surface area contributed by atoms with Crippen LogP contribution in [-0.2, 0) is 6.54 Å². The summed E-state index contributed by atoms with van der Waals surface area (Å²) in [4.78, 5) is 4.48. The Morgan fingerprint density at radius 3 is 2.76 bits per heavy atom. The van der Waals surface area contributed by atoms with Crippen LogP contribution in [0.5, 0.6) is 5.88 Å². The average molecular weight is 290 g/mol. The predicted octanol–water partition coefficient (Wildman–Crippen LogP) is 4.03. The van der Waals surface area contributed by atoms with Gasteiger partial charge in [-0.3, -0.25) is 0 Å². The van der Waals surface area contributed by atoms with Gasteiger partial charge in [-0.15, -0.1) is 0 Å². The number of rotatable bonds is 6. The Kier molecular flexibility index (Phi) is 6.04. The zero-order valence-corrected chi connectivity index (χ0v) is 13.9. The molecular formula is C18H30N2O. The molecule has 3 nitrogen and oxygen atoms in total. The van der Waals surface area contributed by atoms with E-state index in [1.165, 1.54) is 18.4 Å². The zero-order chi connectivity index (χ0) is 15.2. The van der Waals surface area contributed by atoms with Gasteiger partial charge in [-0.25, -0.2) is 4.98 Å². The van der Waals surface area contributed by atoms with E-state index >= 15 is 0 Å². The fourth-order valence-corrected chi connectivity index (χ4v) is 3.26. The molecule has 0 aliphatic heterocycles. The molecule has 0 radical (unpaired) electrons. The summed E-state index contributed by atoms with van der Waals surface area (Å²) in [6.45, 7) is 10.9. The maximum absolute atomic E-state index is 6.23. The zero-order valence-electron chi connectivity index (χ0n) is 13.9. The van der Waals surface area contributed by atoms with Crippen LogP contribution in [0, 0.1) is 17.8 Å². The minimum Gasteiger partial charge on any atom is -0.474 e. The Bertz CT molecular complexity index is 416. The van der Waals surface area contributed by atoms with Crippen molar-refractivity contribution in [3.05, 3.63) is 23.9 Å². The molecular weight excluding hydrogens is 260 g/mol. The van der Waals surface area contributed by atoms with E-state index in [9.17, 15) is 0 Å². The first-order valence-electron chi connectivity index (χ1n) is 8.42. The first-order chi connectivity index (χ1) is 10.1. The van der Waals surface area contributed by atoms with Gasteiger partial charge in [0.25, 0.3) is 0 Å². The molecule has 0 spiro atoms. The highest BCUT2D eigenvalue weighted by Gasteiger charge is 2.32. The van der Waals surface area contributed by atoms with Crippen LogP contribution in [0.3, 0.4) is 0 Å². The average Bonchev–Trinajstić information content (AvgIpc) is 2.46. The van der Waals surface area contributed by atoms with E-state index in [0.717, 1.165) is 31.3 Å². The fourth-order valence-electron chi connectivity index (χ4n) is 3.26. The van der Waals surface area contributed by atoms with E-state index < -0.39 is 0 Å². The first kappa shape index (κ1) is 16.3. The number of nitrogens with zero attached hydrogens (tertiary/aromatic N) is 1. The van der Waals surface area contributed by atoms with Crippen LogP contribution < -0.4 is 10.1 Å². The lowest BCUT2D eigenvalue weighted by atomic mass is 9.75. The van der Waals surface area contributed by atoms with Crippen LogP contribution in [-0.4, -0.2) is 17.6 Å². The standard InChI is InChI=1S/C18H30N2O/c1-5-19-11-15-7-9-18(20-12-15)21-17-10-14(4)6-8-16(17)13(2)3/h7,9,12-14,16-17,19H,5-6,8,10-11H2,1-4H3. The number of ether oxygens (including phenoxy) is 1. The van der Waals surface area contributed by atoms with Crippen LogP contribution in [0.15, 0.2) is 18.3 Å². The number of aromatic nitrogens is 1. The Morgan fingerprint density at radius 2 is 2.14 bits per heavy atom. The van der Waals surface area contributed by atoms with Gasteiger partial charge in [0.15, 0.2) is 0 Å². The Labute approximate surface area is 129 Å². The summed E-state index contributed by atoms with van der Waals surface area (Å²) in [6.07, 6.45) is 6.01. The van der Waals surface area contributed by atoms with Crippen molar-refractivity contribution in [2.75, 3.05) is 6.54 Å². The van der Waals surface area contributed by atoms with Crippen LogP contribution >= 0.6 is 0 Å². The molecule has 21 heavy (non-hydrogen) atoms.